The quantitative estimate of drug-likeness (QED) is 0.577. The van der Waals surface area contributed by atoms with Crippen LogP contribution in [0.15, 0.2) is 6.20 Å². The van der Waals surface area contributed by atoms with Gasteiger partial charge in [0.05, 0.1) is 19.3 Å². The molecule has 1 rings (SSSR count). The molecule has 1 aromatic heterocycles. The van der Waals surface area contributed by atoms with Gasteiger partial charge >= 0.3 is 12.0 Å². The minimum Gasteiger partial charge on any atom is -0.476 e. The van der Waals surface area contributed by atoms with E-state index in [-0.39, 0.29) is 31.4 Å². The van der Waals surface area contributed by atoms with Crippen LogP contribution in [0.1, 0.15) is 10.5 Å². The van der Waals surface area contributed by atoms with Crippen molar-refractivity contribution in [1.29, 1.82) is 0 Å². The van der Waals surface area contributed by atoms with Crippen molar-refractivity contribution in [2.45, 2.75) is 6.54 Å². The summed E-state index contributed by atoms with van der Waals surface area (Å²) in [5.74, 6) is -1.15. The molecule has 1 aromatic rings. The van der Waals surface area contributed by atoms with Crippen LogP contribution in [0.5, 0.6) is 0 Å². The second kappa shape index (κ2) is 6.55. The van der Waals surface area contributed by atoms with Crippen molar-refractivity contribution in [2.24, 2.45) is 0 Å². The zero-order chi connectivity index (χ0) is 13.5. The van der Waals surface area contributed by atoms with Gasteiger partial charge in [-0.2, -0.15) is 0 Å². The molecule has 9 nitrogen and oxygen atoms in total. The second-order valence-electron chi connectivity index (χ2n) is 3.55. The van der Waals surface area contributed by atoms with Gasteiger partial charge in [-0.1, -0.05) is 5.21 Å². The number of urea groups is 1. The Morgan fingerprint density at radius 1 is 1.56 bits per heavy atom. The van der Waals surface area contributed by atoms with Crippen molar-refractivity contribution < 1.29 is 19.8 Å². The summed E-state index contributed by atoms with van der Waals surface area (Å²) in [6.45, 7) is 0.753. The van der Waals surface area contributed by atoms with Crippen LogP contribution in [0.2, 0.25) is 0 Å². The van der Waals surface area contributed by atoms with Gasteiger partial charge in [-0.05, 0) is 0 Å². The van der Waals surface area contributed by atoms with E-state index in [4.69, 9.17) is 10.2 Å². The van der Waals surface area contributed by atoms with Crippen molar-refractivity contribution in [3.05, 3.63) is 11.9 Å². The summed E-state index contributed by atoms with van der Waals surface area (Å²) < 4.78 is 1.33. The third kappa shape index (κ3) is 4.01. The number of carbonyl (C=O) groups is 2. The van der Waals surface area contributed by atoms with Crippen molar-refractivity contribution >= 4 is 12.0 Å². The number of nitrogens with one attached hydrogen (secondary N) is 1. The molecule has 0 atom stereocenters. The molecule has 18 heavy (non-hydrogen) atoms. The van der Waals surface area contributed by atoms with Gasteiger partial charge in [0.15, 0.2) is 5.69 Å². The molecule has 0 saturated heterocycles. The minimum absolute atomic E-state index is 0.102. The number of aliphatic hydroxyl groups is 1. The van der Waals surface area contributed by atoms with Gasteiger partial charge in [-0.3, -0.25) is 0 Å². The number of hydrogen-bond donors (Lipinski definition) is 3. The molecule has 0 fully saturated rings. The molecule has 0 aromatic carbocycles. The number of likely N-dealkylation sites (N-methyl/N-ethyl adjacent to an activating group) is 1. The van der Waals surface area contributed by atoms with E-state index < -0.39 is 5.97 Å². The van der Waals surface area contributed by atoms with E-state index in [1.165, 1.54) is 15.8 Å². The van der Waals surface area contributed by atoms with E-state index in [2.05, 4.69) is 15.6 Å². The molecule has 9 heteroatoms. The summed E-state index contributed by atoms with van der Waals surface area (Å²) in [5.41, 5.74) is -0.140. The van der Waals surface area contributed by atoms with Gasteiger partial charge in [-0.25, -0.2) is 14.3 Å². The van der Waals surface area contributed by atoms with Crippen LogP contribution in [0.25, 0.3) is 0 Å². The molecule has 0 bridgehead atoms. The Morgan fingerprint density at radius 2 is 2.28 bits per heavy atom. The summed E-state index contributed by atoms with van der Waals surface area (Å²) in [7, 11) is 1.56. The first-order chi connectivity index (χ1) is 8.54. The molecular weight excluding hydrogens is 242 g/mol. The number of aromatic carboxylic acids is 1. The van der Waals surface area contributed by atoms with Crippen LogP contribution in [0.4, 0.5) is 4.79 Å². The summed E-state index contributed by atoms with van der Waals surface area (Å²) in [5, 5.41) is 26.9. The average Bonchev–Trinajstić information content (AvgIpc) is 2.78. The van der Waals surface area contributed by atoms with Crippen LogP contribution in [-0.4, -0.2) is 68.9 Å². The van der Waals surface area contributed by atoms with Gasteiger partial charge < -0.3 is 20.4 Å². The number of hydrogen-bond acceptors (Lipinski definition) is 5. The highest BCUT2D eigenvalue weighted by molar-refractivity contribution is 5.84. The maximum absolute atomic E-state index is 11.4. The van der Waals surface area contributed by atoms with Crippen LogP contribution in [0.3, 0.4) is 0 Å². The SMILES string of the molecule is CN(CCO)C(=O)NCCn1cc(C(=O)O)nn1. The van der Waals surface area contributed by atoms with Crippen LogP contribution in [0, 0.1) is 0 Å². The monoisotopic (exact) mass is 257 g/mol. The molecule has 0 saturated carbocycles. The highest BCUT2D eigenvalue weighted by Crippen LogP contribution is 1.92. The predicted molar refractivity (Wildman–Crippen MR) is 60.1 cm³/mol. The Labute approximate surface area is 103 Å². The fourth-order valence-electron chi connectivity index (χ4n) is 1.17. The van der Waals surface area contributed by atoms with E-state index in [9.17, 15) is 9.59 Å². The third-order valence-electron chi connectivity index (χ3n) is 2.16. The molecule has 100 valence electrons. The fourth-order valence-corrected chi connectivity index (χ4v) is 1.17. The molecule has 0 aliphatic carbocycles. The number of aromatic nitrogens is 3. The number of aliphatic hydroxyl groups excluding tert-OH is 1. The molecular formula is C9H15N5O4. The van der Waals surface area contributed by atoms with Crippen molar-refractivity contribution in [1.82, 2.24) is 25.2 Å². The maximum atomic E-state index is 11.4. The van der Waals surface area contributed by atoms with Crippen LogP contribution >= 0.6 is 0 Å². The smallest absolute Gasteiger partial charge is 0.358 e. The Balaban J connectivity index is 2.32. The first-order valence-corrected chi connectivity index (χ1v) is 5.28. The Morgan fingerprint density at radius 3 is 2.83 bits per heavy atom. The Kier molecular flexibility index (Phi) is 5.06. The van der Waals surface area contributed by atoms with Gasteiger partial charge in [0.1, 0.15) is 0 Å². The van der Waals surface area contributed by atoms with Crippen molar-refractivity contribution in [2.75, 3.05) is 26.7 Å². The topological polar surface area (TPSA) is 121 Å². The first kappa shape index (κ1) is 13.9. The van der Waals surface area contributed by atoms with Crippen molar-refractivity contribution in [3.8, 4) is 0 Å². The van der Waals surface area contributed by atoms with E-state index >= 15 is 0 Å². The normalized spacial score (nSPS) is 10.1. The maximum Gasteiger partial charge on any atom is 0.358 e. The summed E-state index contributed by atoms with van der Waals surface area (Å²) in [6.07, 6.45) is 1.28. The number of carbonyl (C=O) groups excluding carboxylic acids is 1. The van der Waals surface area contributed by atoms with Crippen molar-refractivity contribution in [3.63, 3.8) is 0 Å². The fraction of sp³-hybridized carbons (Fsp3) is 0.556. The average molecular weight is 257 g/mol. The Hall–Kier alpha value is -2.16. The predicted octanol–water partition coefficient (Wildman–Crippen LogP) is -1.39. The number of amides is 2. The highest BCUT2D eigenvalue weighted by Gasteiger charge is 2.09. The number of carboxylic acids is 1. The lowest BCUT2D eigenvalue weighted by molar-refractivity contribution is 0.0690. The third-order valence-corrected chi connectivity index (χ3v) is 2.16. The lowest BCUT2D eigenvalue weighted by Gasteiger charge is -2.16. The first-order valence-electron chi connectivity index (χ1n) is 5.28. The van der Waals surface area contributed by atoms with Crippen LogP contribution in [-0.2, 0) is 6.54 Å². The van der Waals surface area contributed by atoms with Gasteiger partial charge in [0.2, 0.25) is 0 Å². The standard InChI is InChI=1S/C9H15N5O4/c1-13(4-5-15)9(18)10-2-3-14-6-7(8(16)17)11-12-14/h6,15H,2-5H2,1H3,(H,10,18)(H,16,17). The summed E-state index contributed by atoms with van der Waals surface area (Å²) in [4.78, 5) is 23.3. The van der Waals surface area contributed by atoms with Gasteiger partial charge in [-0.15, -0.1) is 5.10 Å². The minimum atomic E-state index is -1.15. The largest absolute Gasteiger partial charge is 0.476 e. The lowest BCUT2D eigenvalue weighted by Crippen LogP contribution is -2.40. The Bertz CT molecular complexity index is 419. The highest BCUT2D eigenvalue weighted by atomic mass is 16.4. The molecule has 0 unspecified atom stereocenters. The van der Waals surface area contributed by atoms with Gasteiger partial charge in [0, 0.05) is 20.1 Å². The number of carboxylic acid groups (broad SMARTS) is 1. The molecule has 0 spiro atoms. The molecule has 0 aliphatic heterocycles. The van der Waals surface area contributed by atoms with Gasteiger partial charge in [0.25, 0.3) is 0 Å². The summed E-state index contributed by atoms with van der Waals surface area (Å²) in [6, 6.07) is -0.317. The zero-order valence-electron chi connectivity index (χ0n) is 9.91. The second-order valence-corrected chi connectivity index (χ2v) is 3.55. The summed E-state index contributed by atoms with van der Waals surface area (Å²) >= 11 is 0. The zero-order valence-corrected chi connectivity index (χ0v) is 9.91. The number of nitrogens with zero attached hydrogens (tertiary/aromatic N) is 4. The van der Waals surface area contributed by atoms with E-state index in [1.54, 1.807) is 7.05 Å². The molecule has 3 N–H and O–H groups in total. The van der Waals surface area contributed by atoms with E-state index in [0.29, 0.717) is 6.54 Å². The molecule has 1 heterocycles. The van der Waals surface area contributed by atoms with E-state index in [1.807, 2.05) is 0 Å². The molecule has 2 amide bonds. The molecule has 0 aliphatic rings. The molecule has 0 radical (unpaired) electrons. The van der Waals surface area contributed by atoms with E-state index in [0.717, 1.165) is 0 Å². The number of rotatable bonds is 6. The lowest BCUT2D eigenvalue weighted by atomic mass is 10.5. The van der Waals surface area contributed by atoms with Crippen LogP contribution < -0.4 is 5.32 Å².